The van der Waals surface area contributed by atoms with Crippen LogP contribution < -0.4 is 0 Å². The lowest BCUT2D eigenvalue weighted by atomic mass is 10.0. The minimum absolute atomic E-state index is 0.209. The Kier molecular flexibility index (Phi) is 2.31. The Morgan fingerprint density at radius 2 is 1.85 bits per heavy atom. The highest BCUT2D eigenvalue weighted by Gasteiger charge is 2.35. The fourth-order valence-corrected chi connectivity index (χ4v) is 1.54. The van der Waals surface area contributed by atoms with Crippen LogP contribution in [0.4, 0.5) is 0 Å². The molecule has 1 aromatic rings. The summed E-state index contributed by atoms with van der Waals surface area (Å²) in [5, 5.41) is 18.8. The summed E-state index contributed by atoms with van der Waals surface area (Å²) in [4.78, 5) is 0. The zero-order valence-corrected chi connectivity index (χ0v) is 7.13. The Morgan fingerprint density at radius 1 is 1.15 bits per heavy atom. The van der Waals surface area contributed by atoms with Crippen LogP contribution in [0, 0.1) is 0 Å². The molecule has 1 saturated heterocycles. The molecular weight excluding hydrogens is 168 g/mol. The van der Waals surface area contributed by atoms with Crippen LogP contribution in [-0.4, -0.2) is 29.0 Å². The summed E-state index contributed by atoms with van der Waals surface area (Å²) in [7, 11) is 0. The van der Waals surface area contributed by atoms with Gasteiger partial charge in [0, 0.05) is 0 Å². The second kappa shape index (κ2) is 3.46. The molecule has 1 aliphatic heterocycles. The number of hydrogen-bond donors (Lipinski definition) is 2. The van der Waals surface area contributed by atoms with E-state index in [1.807, 2.05) is 30.3 Å². The molecule has 3 heteroatoms. The van der Waals surface area contributed by atoms with Gasteiger partial charge in [0.25, 0.3) is 0 Å². The highest BCUT2D eigenvalue weighted by molar-refractivity contribution is 5.20. The smallest absolute Gasteiger partial charge is 0.112 e. The molecule has 0 aromatic heterocycles. The summed E-state index contributed by atoms with van der Waals surface area (Å²) >= 11 is 0. The maximum Gasteiger partial charge on any atom is 0.112 e. The third kappa shape index (κ3) is 1.58. The third-order valence-corrected chi connectivity index (χ3v) is 2.28. The number of aliphatic hydroxyl groups is 2. The maximum absolute atomic E-state index is 9.54. The Bertz CT molecular complexity index is 273. The monoisotopic (exact) mass is 180 g/mol. The fraction of sp³-hybridized carbons (Fsp3) is 0.400. The standard InChI is InChI=1S/C10H12O3/c11-8-6-13-10(9(8)12)7-4-2-1-3-5-7/h1-5,8-12H,6H2. The van der Waals surface area contributed by atoms with Crippen molar-refractivity contribution in [1.29, 1.82) is 0 Å². The van der Waals surface area contributed by atoms with Gasteiger partial charge in [0.05, 0.1) is 6.61 Å². The normalized spacial score (nSPS) is 33.5. The third-order valence-electron chi connectivity index (χ3n) is 2.28. The lowest BCUT2D eigenvalue weighted by Crippen LogP contribution is -2.24. The molecule has 2 N–H and O–H groups in total. The van der Waals surface area contributed by atoms with Crippen molar-refractivity contribution in [3.8, 4) is 0 Å². The van der Waals surface area contributed by atoms with Crippen molar-refractivity contribution in [3.63, 3.8) is 0 Å². The highest BCUT2D eigenvalue weighted by atomic mass is 16.5. The van der Waals surface area contributed by atoms with Crippen molar-refractivity contribution in [2.24, 2.45) is 0 Å². The van der Waals surface area contributed by atoms with E-state index >= 15 is 0 Å². The number of ether oxygens (including phenoxy) is 1. The molecule has 0 saturated carbocycles. The summed E-state index contributed by atoms with van der Waals surface area (Å²) in [5.74, 6) is 0. The molecule has 13 heavy (non-hydrogen) atoms. The van der Waals surface area contributed by atoms with Crippen molar-refractivity contribution in [2.75, 3.05) is 6.61 Å². The summed E-state index contributed by atoms with van der Waals surface area (Å²) in [6.07, 6.45) is -1.94. The molecular formula is C10H12O3. The van der Waals surface area contributed by atoms with Gasteiger partial charge in [-0.25, -0.2) is 0 Å². The lowest BCUT2D eigenvalue weighted by Gasteiger charge is -2.14. The van der Waals surface area contributed by atoms with E-state index in [4.69, 9.17) is 4.74 Å². The van der Waals surface area contributed by atoms with Crippen LogP contribution in [0.3, 0.4) is 0 Å². The first-order valence-corrected chi connectivity index (χ1v) is 4.32. The van der Waals surface area contributed by atoms with Gasteiger partial charge in [-0.2, -0.15) is 0 Å². The molecule has 1 fully saturated rings. The van der Waals surface area contributed by atoms with Crippen LogP contribution in [0.15, 0.2) is 30.3 Å². The van der Waals surface area contributed by atoms with E-state index in [9.17, 15) is 10.2 Å². The van der Waals surface area contributed by atoms with E-state index in [1.165, 1.54) is 0 Å². The molecule has 0 spiro atoms. The van der Waals surface area contributed by atoms with Gasteiger partial charge in [0.15, 0.2) is 0 Å². The molecule has 3 nitrogen and oxygen atoms in total. The molecule has 1 heterocycles. The number of hydrogen-bond acceptors (Lipinski definition) is 3. The summed E-state index contributed by atoms with van der Waals surface area (Å²) in [5.41, 5.74) is 0.909. The van der Waals surface area contributed by atoms with Crippen LogP contribution in [-0.2, 0) is 4.74 Å². The molecule has 2 rings (SSSR count). The summed E-state index contributed by atoms with van der Waals surface area (Å²) < 4.78 is 5.26. The predicted molar refractivity (Wildman–Crippen MR) is 47.1 cm³/mol. The largest absolute Gasteiger partial charge is 0.388 e. The van der Waals surface area contributed by atoms with Crippen LogP contribution in [0.1, 0.15) is 11.7 Å². The number of rotatable bonds is 1. The predicted octanol–water partition coefficient (Wildman–Crippen LogP) is 0.480. The van der Waals surface area contributed by atoms with Gasteiger partial charge in [-0.05, 0) is 5.56 Å². The first-order chi connectivity index (χ1) is 6.29. The van der Waals surface area contributed by atoms with Crippen molar-refractivity contribution in [1.82, 2.24) is 0 Å². The van der Waals surface area contributed by atoms with E-state index in [0.29, 0.717) is 0 Å². The molecule has 0 bridgehead atoms. The van der Waals surface area contributed by atoms with E-state index in [2.05, 4.69) is 0 Å². The fourth-order valence-electron chi connectivity index (χ4n) is 1.54. The van der Waals surface area contributed by atoms with Crippen LogP contribution in [0.2, 0.25) is 0 Å². The maximum atomic E-state index is 9.54. The molecule has 0 radical (unpaired) electrons. The lowest BCUT2D eigenvalue weighted by molar-refractivity contribution is 0.0225. The zero-order chi connectivity index (χ0) is 9.26. The number of benzene rings is 1. The van der Waals surface area contributed by atoms with Gasteiger partial charge in [-0.15, -0.1) is 0 Å². The van der Waals surface area contributed by atoms with E-state index < -0.39 is 12.2 Å². The molecule has 3 atom stereocenters. The van der Waals surface area contributed by atoms with Gasteiger partial charge in [0.2, 0.25) is 0 Å². The van der Waals surface area contributed by atoms with Gasteiger partial charge in [-0.1, -0.05) is 30.3 Å². The molecule has 1 aromatic carbocycles. The van der Waals surface area contributed by atoms with Crippen molar-refractivity contribution in [2.45, 2.75) is 18.3 Å². The number of aliphatic hydroxyl groups excluding tert-OH is 2. The summed E-state index contributed by atoms with van der Waals surface area (Å²) in [6.45, 7) is 0.209. The highest BCUT2D eigenvalue weighted by Crippen LogP contribution is 2.28. The second-order valence-corrected chi connectivity index (χ2v) is 3.22. The second-order valence-electron chi connectivity index (χ2n) is 3.22. The SMILES string of the molecule is OC1COC(c2ccccc2)C1O. The van der Waals surface area contributed by atoms with Crippen LogP contribution in [0.5, 0.6) is 0 Å². The minimum Gasteiger partial charge on any atom is -0.388 e. The van der Waals surface area contributed by atoms with Crippen LogP contribution in [0.25, 0.3) is 0 Å². The van der Waals surface area contributed by atoms with Crippen molar-refractivity contribution >= 4 is 0 Å². The molecule has 0 amide bonds. The Labute approximate surface area is 76.6 Å². The van der Waals surface area contributed by atoms with Gasteiger partial charge in [0.1, 0.15) is 18.3 Å². The topological polar surface area (TPSA) is 49.7 Å². The van der Waals surface area contributed by atoms with Gasteiger partial charge >= 0.3 is 0 Å². The Balaban J connectivity index is 2.19. The van der Waals surface area contributed by atoms with E-state index in [1.54, 1.807) is 0 Å². The average molecular weight is 180 g/mol. The minimum atomic E-state index is -0.803. The molecule has 3 unspecified atom stereocenters. The average Bonchev–Trinajstić information content (AvgIpc) is 2.49. The van der Waals surface area contributed by atoms with E-state index in [0.717, 1.165) is 5.56 Å². The van der Waals surface area contributed by atoms with Gasteiger partial charge < -0.3 is 14.9 Å². The Hall–Kier alpha value is -0.900. The van der Waals surface area contributed by atoms with Crippen LogP contribution >= 0.6 is 0 Å². The van der Waals surface area contributed by atoms with Gasteiger partial charge in [-0.3, -0.25) is 0 Å². The van der Waals surface area contributed by atoms with Crippen molar-refractivity contribution in [3.05, 3.63) is 35.9 Å². The molecule has 0 aliphatic carbocycles. The Morgan fingerprint density at radius 3 is 2.38 bits per heavy atom. The first kappa shape index (κ1) is 8.69. The zero-order valence-electron chi connectivity index (χ0n) is 7.13. The van der Waals surface area contributed by atoms with E-state index in [-0.39, 0.29) is 12.7 Å². The molecule has 1 aliphatic rings. The van der Waals surface area contributed by atoms with Crippen molar-refractivity contribution < 1.29 is 14.9 Å². The summed E-state index contributed by atoms with van der Waals surface area (Å²) in [6, 6.07) is 9.44. The first-order valence-electron chi connectivity index (χ1n) is 4.32. The quantitative estimate of drug-likeness (QED) is 0.661. The molecule has 70 valence electrons.